The predicted molar refractivity (Wildman–Crippen MR) is 240 cm³/mol. The van der Waals surface area contributed by atoms with Crippen LogP contribution >= 0.6 is 11.3 Å². The number of rotatable bonds is 12. The summed E-state index contributed by atoms with van der Waals surface area (Å²) >= 11 is 1.56. The number of nitrogens with one attached hydrogen (secondary N) is 4. The van der Waals surface area contributed by atoms with E-state index in [9.17, 15) is 24.0 Å². The van der Waals surface area contributed by atoms with E-state index in [0.717, 1.165) is 70.0 Å². The highest BCUT2D eigenvalue weighted by Gasteiger charge is 2.39. The van der Waals surface area contributed by atoms with Gasteiger partial charge in [0.25, 0.3) is 5.91 Å². The van der Waals surface area contributed by atoms with Gasteiger partial charge in [0.15, 0.2) is 4.96 Å². The number of hydrogen-bond acceptors (Lipinski definition) is 10. The van der Waals surface area contributed by atoms with Crippen LogP contribution in [-0.4, -0.2) is 102 Å². The summed E-state index contributed by atoms with van der Waals surface area (Å²) in [6, 6.07) is 14.1. The number of hydrogen-bond donors (Lipinski definition) is 4. The van der Waals surface area contributed by atoms with E-state index >= 15 is 0 Å². The number of aromatic amines is 2. The van der Waals surface area contributed by atoms with E-state index < -0.39 is 24.1 Å². The van der Waals surface area contributed by atoms with Gasteiger partial charge in [-0.1, -0.05) is 70.0 Å². The van der Waals surface area contributed by atoms with Gasteiger partial charge in [-0.25, -0.2) is 19.7 Å². The number of carbonyl (C=O) groups excluding carboxylic acids is 5. The largest absolute Gasteiger partial charge is 0.453 e. The van der Waals surface area contributed by atoms with Crippen molar-refractivity contribution in [2.75, 3.05) is 20.2 Å². The fourth-order valence-corrected chi connectivity index (χ4v) is 9.24. The minimum atomic E-state index is -0.811. The fourth-order valence-electron chi connectivity index (χ4n) is 8.53. The maximum atomic E-state index is 13.6. The van der Waals surface area contributed by atoms with E-state index in [0.29, 0.717) is 30.4 Å². The second kappa shape index (κ2) is 18.7. The van der Waals surface area contributed by atoms with Crippen molar-refractivity contribution in [2.45, 2.75) is 77.5 Å². The zero-order valence-corrected chi connectivity index (χ0v) is 37.1. The number of thiazole rings is 1. The molecular weight excluding hydrogens is 833 g/mol. The number of carbonyl (C=O) groups is 5. The highest BCUT2D eigenvalue weighted by molar-refractivity contribution is 7.15. The molecule has 6 aromatic rings. The third-order valence-electron chi connectivity index (χ3n) is 11.9. The molecule has 2 aliphatic rings. The van der Waals surface area contributed by atoms with E-state index in [1.165, 1.54) is 7.11 Å². The minimum Gasteiger partial charge on any atom is -0.453 e. The molecule has 4 N–H and O–H groups in total. The van der Waals surface area contributed by atoms with E-state index in [2.05, 4.69) is 46.8 Å². The number of fused-ring (bicyclic) bond motifs is 1. The van der Waals surface area contributed by atoms with Crippen LogP contribution in [0.15, 0.2) is 72.5 Å². The van der Waals surface area contributed by atoms with Crippen molar-refractivity contribution < 1.29 is 28.7 Å². The average molecular weight is 883 g/mol. The van der Waals surface area contributed by atoms with Crippen molar-refractivity contribution in [1.29, 1.82) is 0 Å². The number of likely N-dealkylation sites (tertiary alicyclic amines) is 2. The number of aromatic nitrogens is 6. The van der Waals surface area contributed by atoms with Crippen LogP contribution < -0.4 is 10.6 Å². The number of alkyl carbamates (subject to hydrolysis) is 1. The quantitative estimate of drug-likeness (QED) is 0.0620. The Hall–Kier alpha value is -7.06. The molecule has 4 amide bonds. The van der Waals surface area contributed by atoms with Gasteiger partial charge in [0.2, 0.25) is 18.1 Å². The molecule has 0 radical (unpaired) electrons. The molecule has 0 spiro atoms. The molecule has 4 aromatic heterocycles. The highest BCUT2D eigenvalue weighted by atomic mass is 32.1. The first-order chi connectivity index (χ1) is 30.9. The number of ether oxygens (including phenoxy) is 1. The Bertz CT molecular complexity index is 2740. The van der Waals surface area contributed by atoms with Gasteiger partial charge in [-0.2, -0.15) is 0 Å². The Balaban J connectivity index is 0.964. The SMILES string of the molecule is COC(=O)N[C@H](C(=O)N1CCCC1c1ncc(C#Cc2ccc(-c3c(-c4ccc(-c5cnc([C@@H]6CCCN6C(=O)[C@@H](NC(=O)C=O)C(C)C)[nH]5)cc4)nc4sccn34)cc2)[nH]1)C(C)C. The minimum absolute atomic E-state index is 0.124. The summed E-state index contributed by atoms with van der Waals surface area (Å²) in [5, 5.41) is 7.25. The Kier molecular flexibility index (Phi) is 12.8. The maximum Gasteiger partial charge on any atom is 0.407 e. The smallest absolute Gasteiger partial charge is 0.407 e. The van der Waals surface area contributed by atoms with Gasteiger partial charge in [0.1, 0.15) is 29.4 Å². The molecule has 17 heteroatoms. The molecule has 2 aromatic carbocycles. The average Bonchev–Trinajstić information content (AvgIpc) is 4.16. The predicted octanol–water partition coefficient (Wildman–Crippen LogP) is 6.29. The van der Waals surface area contributed by atoms with Crippen LogP contribution in [0.2, 0.25) is 0 Å². The number of methoxy groups -OCH3 is 1. The topological polar surface area (TPSA) is 200 Å². The number of amides is 4. The van der Waals surface area contributed by atoms with Crippen molar-refractivity contribution in [2.24, 2.45) is 11.8 Å². The number of H-pyrrole nitrogens is 2. The van der Waals surface area contributed by atoms with Crippen LogP contribution in [0.1, 0.15) is 88.4 Å². The molecule has 64 heavy (non-hydrogen) atoms. The van der Waals surface area contributed by atoms with Gasteiger partial charge >= 0.3 is 6.09 Å². The zero-order valence-electron chi connectivity index (χ0n) is 36.3. The highest BCUT2D eigenvalue weighted by Crippen LogP contribution is 2.37. The lowest BCUT2D eigenvalue weighted by Crippen LogP contribution is -2.51. The molecule has 6 heterocycles. The lowest BCUT2D eigenvalue weighted by atomic mass is 10.0. The zero-order chi connectivity index (χ0) is 45.1. The standard InChI is InChI=1S/C47H50N10O6S/c1-27(2)38(52-37(59)26-58)44(60)56-21-7-9-36(56)43-49-25-34(51-43)30-15-17-31(18-16-30)40-41(57-22-23-64-46(57)53-40)32-13-10-29(11-14-32)12-19-33-24-48-42(50-33)35-8-6-20-55(35)45(61)39(28(3)4)54-47(62)63-5/h10-11,13-18,22-28,35-36,38-39H,6-9,20-21H2,1-5H3,(H,48,50)(H,49,51)(H,52,59)(H,54,62)/t35?,36-,38-,39-/m0/s1. The second-order valence-electron chi connectivity index (χ2n) is 16.7. The Morgan fingerprint density at radius 2 is 1.39 bits per heavy atom. The van der Waals surface area contributed by atoms with Crippen LogP contribution in [-0.2, 0) is 23.9 Å². The van der Waals surface area contributed by atoms with Crippen LogP contribution in [0.25, 0.3) is 38.7 Å². The Labute approximate surface area is 374 Å². The van der Waals surface area contributed by atoms with Crippen LogP contribution in [0.4, 0.5) is 4.79 Å². The molecule has 330 valence electrons. The molecule has 4 atom stereocenters. The van der Waals surface area contributed by atoms with Gasteiger partial charge in [-0.3, -0.25) is 23.6 Å². The molecule has 0 saturated carbocycles. The third-order valence-corrected chi connectivity index (χ3v) is 12.6. The molecule has 1 unspecified atom stereocenters. The van der Waals surface area contributed by atoms with E-state index in [1.807, 2.05) is 87.8 Å². The normalized spacial score (nSPS) is 17.0. The number of imidazole rings is 3. The summed E-state index contributed by atoms with van der Waals surface area (Å²) < 4.78 is 6.85. The van der Waals surface area contributed by atoms with Gasteiger partial charge in [-0.15, -0.1) is 11.3 Å². The first kappa shape index (κ1) is 43.6. The molecular formula is C47H50N10O6S. The maximum absolute atomic E-state index is 13.6. The Morgan fingerprint density at radius 1 is 0.797 bits per heavy atom. The second-order valence-corrected chi connectivity index (χ2v) is 17.6. The van der Waals surface area contributed by atoms with Crippen LogP contribution in [0, 0.1) is 23.7 Å². The number of nitrogens with zero attached hydrogens (tertiary/aromatic N) is 6. The van der Waals surface area contributed by atoms with Crippen molar-refractivity contribution in [3.8, 4) is 45.6 Å². The first-order valence-corrected chi connectivity index (χ1v) is 22.3. The molecule has 2 fully saturated rings. The van der Waals surface area contributed by atoms with E-state index in [1.54, 1.807) is 33.5 Å². The Morgan fingerprint density at radius 3 is 2.02 bits per heavy atom. The summed E-state index contributed by atoms with van der Waals surface area (Å²) in [4.78, 5) is 87.4. The summed E-state index contributed by atoms with van der Waals surface area (Å²) in [5.41, 5.74) is 6.90. The summed E-state index contributed by atoms with van der Waals surface area (Å²) in [5.74, 6) is 6.24. The van der Waals surface area contributed by atoms with Crippen molar-refractivity contribution in [3.63, 3.8) is 0 Å². The number of benzene rings is 2. The lowest BCUT2D eigenvalue weighted by molar-refractivity contribution is -0.140. The van der Waals surface area contributed by atoms with Crippen LogP contribution in [0.3, 0.4) is 0 Å². The summed E-state index contributed by atoms with van der Waals surface area (Å²) in [6.45, 7) is 8.56. The molecule has 8 rings (SSSR count). The molecule has 0 aliphatic carbocycles. The van der Waals surface area contributed by atoms with Crippen molar-refractivity contribution in [1.82, 2.24) is 49.8 Å². The first-order valence-electron chi connectivity index (χ1n) is 21.4. The molecule has 16 nitrogen and oxygen atoms in total. The van der Waals surface area contributed by atoms with Gasteiger partial charge in [0.05, 0.1) is 48.7 Å². The van der Waals surface area contributed by atoms with Crippen molar-refractivity contribution >= 4 is 46.4 Å². The van der Waals surface area contributed by atoms with E-state index in [-0.39, 0.29) is 42.0 Å². The third kappa shape index (κ3) is 8.91. The summed E-state index contributed by atoms with van der Waals surface area (Å²) in [6.07, 6.45) is 8.12. The molecule has 2 aliphatic heterocycles. The molecule has 2 saturated heterocycles. The van der Waals surface area contributed by atoms with Crippen LogP contribution in [0.5, 0.6) is 0 Å². The number of aldehydes is 1. The molecule has 0 bridgehead atoms. The monoisotopic (exact) mass is 882 g/mol. The lowest BCUT2D eigenvalue weighted by Gasteiger charge is -2.29. The van der Waals surface area contributed by atoms with E-state index in [4.69, 9.17) is 9.72 Å². The van der Waals surface area contributed by atoms with Gasteiger partial charge in [-0.05, 0) is 61.1 Å². The van der Waals surface area contributed by atoms with Gasteiger partial charge in [0, 0.05) is 41.4 Å². The van der Waals surface area contributed by atoms with Gasteiger partial charge < -0.3 is 35.1 Å². The van der Waals surface area contributed by atoms with Crippen molar-refractivity contribution in [3.05, 3.63) is 95.4 Å². The summed E-state index contributed by atoms with van der Waals surface area (Å²) in [7, 11) is 1.28. The fraction of sp³-hybridized carbons (Fsp3) is 0.362.